The smallest absolute Gasteiger partial charge is 0.233 e. The molecule has 0 radical (unpaired) electrons. The van der Waals surface area contributed by atoms with Crippen molar-refractivity contribution in [3.05, 3.63) is 29.1 Å². The number of benzene rings is 1. The maximum Gasteiger partial charge on any atom is 0.233 e. The number of thioether (sulfide) groups is 1. The number of amides is 1. The standard InChI is InChI=1S/C16H20N4O3S/c1-10-17-16(19-18-10)24-9-15(21)20-5-4-11-6-13(22-2)14(23-3)7-12(11)8-20/h6-7H,4-5,8-9H2,1-3H3,(H,17,18,19). The summed E-state index contributed by atoms with van der Waals surface area (Å²) < 4.78 is 10.7. The van der Waals surface area contributed by atoms with Crippen molar-refractivity contribution in [1.29, 1.82) is 0 Å². The van der Waals surface area contributed by atoms with E-state index in [9.17, 15) is 4.79 Å². The van der Waals surface area contributed by atoms with Gasteiger partial charge in [-0.15, -0.1) is 5.10 Å². The third-order valence-corrected chi connectivity index (χ3v) is 4.80. The molecule has 0 spiro atoms. The number of nitrogens with one attached hydrogen (secondary N) is 1. The molecule has 2 aromatic rings. The molecule has 2 heterocycles. The van der Waals surface area contributed by atoms with Gasteiger partial charge in [0.05, 0.1) is 20.0 Å². The highest BCUT2D eigenvalue weighted by Crippen LogP contribution is 2.33. The number of fused-ring (bicyclic) bond motifs is 1. The van der Waals surface area contributed by atoms with E-state index in [0.717, 1.165) is 23.6 Å². The molecule has 0 saturated carbocycles. The molecule has 0 unspecified atom stereocenters. The fraction of sp³-hybridized carbons (Fsp3) is 0.438. The molecule has 0 saturated heterocycles. The van der Waals surface area contributed by atoms with E-state index >= 15 is 0 Å². The van der Waals surface area contributed by atoms with Gasteiger partial charge in [0.25, 0.3) is 0 Å². The van der Waals surface area contributed by atoms with Crippen molar-refractivity contribution in [3.63, 3.8) is 0 Å². The zero-order valence-electron chi connectivity index (χ0n) is 14.0. The van der Waals surface area contributed by atoms with Crippen LogP contribution < -0.4 is 9.47 Å². The summed E-state index contributed by atoms with van der Waals surface area (Å²) >= 11 is 1.35. The molecular formula is C16H20N4O3S. The van der Waals surface area contributed by atoms with Gasteiger partial charge in [-0.05, 0) is 36.6 Å². The van der Waals surface area contributed by atoms with Crippen LogP contribution in [0.2, 0.25) is 0 Å². The number of H-pyrrole nitrogens is 1. The highest BCUT2D eigenvalue weighted by Gasteiger charge is 2.23. The van der Waals surface area contributed by atoms with Gasteiger partial charge < -0.3 is 14.4 Å². The number of aromatic amines is 1. The molecule has 1 aromatic carbocycles. The van der Waals surface area contributed by atoms with Crippen LogP contribution in [0.25, 0.3) is 0 Å². The molecule has 0 fully saturated rings. The summed E-state index contributed by atoms with van der Waals surface area (Å²) in [6.07, 6.45) is 0.811. The Morgan fingerprint density at radius 2 is 2.00 bits per heavy atom. The fourth-order valence-electron chi connectivity index (χ4n) is 2.70. The molecule has 1 aromatic heterocycles. The molecule has 3 rings (SSSR count). The van der Waals surface area contributed by atoms with Crippen molar-refractivity contribution in [3.8, 4) is 11.5 Å². The number of nitrogens with zero attached hydrogens (tertiary/aromatic N) is 3. The highest BCUT2D eigenvalue weighted by molar-refractivity contribution is 7.99. The van der Waals surface area contributed by atoms with Crippen molar-refractivity contribution in [1.82, 2.24) is 20.1 Å². The van der Waals surface area contributed by atoms with Crippen molar-refractivity contribution in [2.24, 2.45) is 0 Å². The van der Waals surface area contributed by atoms with Gasteiger partial charge in [0.1, 0.15) is 5.82 Å². The topological polar surface area (TPSA) is 80.3 Å². The molecule has 0 bridgehead atoms. The average molecular weight is 348 g/mol. The highest BCUT2D eigenvalue weighted by atomic mass is 32.2. The lowest BCUT2D eigenvalue weighted by Crippen LogP contribution is -2.37. The van der Waals surface area contributed by atoms with Crippen LogP contribution in [0.1, 0.15) is 17.0 Å². The Balaban J connectivity index is 1.66. The lowest BCUT2D eigenvalue weighted by molar-refractivity contribution is -0.129. The minimum atomic E-state index is 0.0860. The number of methoxy groups -OCH3 is 2. The van der Waals surface area contributed by atoms with Crippen LogP contribution in [0.3, 0.4) is 0 Å². The number of carbonyl (C=O) groups is 1. The van der Waals surface area contributed by atoms with Crippen LogP contribution in [0.5, 0.6) is 11.5 Å². The molecule has 1 aliphatic heterocycles. The molecule has 0 aliphatic carbocycles. The molecule has 1 N–H and O–H groups in total. The Labute approximate surface area is 144 Å². The van der Waals surface area contributed by atoms with Gasteiger partial charge in [0.15, 0.2) is 11.5 Å². The molecule has 1 aliphatic rings. The Morgan fingerprint density at radius 1 is 1.29 bits per heavy atom. The van der Waals surface area contributed by atoms with E-state index in [2.05, 4.69) is 15.2 Å². The predicted molar refractivity (Wildman–Crippen MR) is 90.5 cm³/mol. The van der Waals surface area contributed by atoms with Gasteiger partial charge in [-0.25, -0.2) is 4.98 Å². The van der Waals surface area contributed by atoms with Gasteiger partial charge in [0, 0.05) is 13.1 Å². The van der Waals surface area contributed by atoms with Crippen LogP contribution >= 0.6 is 11.8 Å². The van der Waals surface area contributed by atoms with Crippen molar-refractivity contribution < 1.29 is 14.3 Å². The molecule has 0 atom stereocenters. The molecular weight excluding hydrogens is 328 g/mol. The maximum absolute atomic E-state index is 12.4. The molecule has 1 amide bonds. The Hall–Kier alpha value is -2.22. The number of ether oxygens (including phenoxy) is 2. The summed E-state index contributed by atoms with van der Waals surface area (Å²) in [6.45, 7) is 3.12. The fourth-order valence-corrected chi connectivity index (χ4v) is 3.45. The van der Waals surface area contributed by atoms with E-state index in [-0.39, 0.29) is 5.91 Å². The first-order valence-electron chi connectivity index (χ1n) is 7.64. The van der Waals surface area contributed by atoms with Crippen molar-refractivity contribution in [2.45, 2.75) is 25.0 Å². The second-order valence-electron chi connectivity index (χ2n) is 5.53. The number of hydrogen-bond acceptors (Lipinski definition) is 6. The quantitative estimate of drug-likeness (QED) is 0.830. The van der Waals surface area contributed by atoms with Crippen LogP contribution in [0.4, 0.5) is 0 Å². The van der Waals surface area contributed by atoms with E-state index < -0.39 is 0 Å². The predicted octanol–water partition coefficient (Wildman–Crippen LogP) is 1.81. The molecule has 128 valence electrons. The molecule has 24 heavy (non-hydrogen) atoms. The zero-order chi connectivity index (χ0) is 17.1. The van der Waals surface area contributed by atoms with Gasteiger partial charge in [-0.1, -0.05) is 11.8 Å². The second-order valence-corrected chi connectivity index (χ2v) is 6.48. The zero-order valence-corrected chi connectivity index (χ0v) is 14.8. The molecule has 7 nitrogen and oxygen atoms in total. The van der Waals surface area contributed by atoms with Crippen LogP contribution in [0.15, 0.2) is 17.3 Å². The first-order valence-corrected chi connectivity index (χ1v) is 8.62. The normalized spacial score (nSPS) is 13.5. The van der Waals surface area contributed by atoms with E-state index in [1.807, 2.05) is 24.0 Å². The summed E-state index contributed by atoms with van der Waals surface area (Å²) in [6, 6.07) is 3.96. The van der Waals surface area contributed by atoms with Gasteiger partial charge in [-0.2, -0.15) is 0 Å². The summed E-state index contributed by atoms with van der Waals surface area (Å²) in [5.41, 5.74) is 2.31. The minimum absolute atomic E-state index is 0.0860. The van der Waals surface area contributed by atoms with Crippen molar-refractivity contribution >= 4 is 17.7 Å². The summed E-state index contributed by atoms with van der Waals surface area (Å²) in [7, 11) is 3.25. The van der Waals surface area contributed by atoms with Crippen LogP contribution in [-0.4, -0.2) is 52.5 Å². The van der Waals surface area contributed by atoms with E-state index in [1.165, 1.54) is 17.3 Å². The SMILES string of the molecule is COc1cc2c(cc1OC)CN(C(=O)CSc1n[nH]c(C)n1)CC2. The summed E-state index contributed by atoms with van der Waals surface area (Å²) in [4.78, 5) is 18.5. The number of aryl methyl sites for hydroxylation is 1. The monoisotopic (exact) mass is 348 g/mol. The Bertz CT molecular complexity index is 747. The third kappa shape index (κ3) is 3.48. The first-order chi connectivity index (χ1) is 11.6. The average Bonchev–Trinajstić information content (AvgIpc) is 3.03. The largest absolute Gasteiger partial charge is 0.493 e. The molecule has 8 heteroatoms. The lowest BCUT2D eigenvalue weighted by Gasteiger charge is -2.29. The number of carbonyl (C=O) groups excluding carboxylic acids is 1. The van der Waals surface area contributed by atoms with Gasteiger partial charge in [0.2, 0.25) is 11.1 Å². The lowest BCUT2D eigenvalue weighted by atomic mass is 9.99. The minimum Gasteiger partial charge on any atom is -0.493 e. The van der Waals surface area contributed by atoms with Crippen LogP contribution in [0, 0.1) is 6.92 Å². The van der Waals surface area contributed by atoms with Gasteiger partial charge in [-0.3, -0.25) is 9.89 Å². The van der Waals surface area contributed by atoms with Crippen LogP contribution in [-0.2, 0) is 17.8 Å². The first kappa shape index (κ1) is 16.6. The van der Waals surface area contributed by atoms with E-state index in [0.29, 0.717) is 29.7 Å². The number of rotatable bonds is 5. The van der Waals surface area contributed by atoms with E-state index in [4.69, 9.17) is 9.47 Å². The third-order valence-electron chi connectivity index (χ3n) is 3.97. The van der Waals surface area contributed by atoms with Crippen molar-refractivity contribution in [2.75, 3.05) is 26.5 Å². The summed E-state index contributed by atoms with van der Waals surface area (Å²) in [5.74, 6) is 2.59. The van der Waals surface area contributed by atoms with Gasteiger partial charge >= 0.3 is 0 Å². The Morgan fingerprint density at radius 3 is 2.62 bits per heavy atom. The summed E-state index contributed by atoms with van der Waals surface area (Å²) in [5, 5.41) is 7.41. The maximum atomic E-state index is 12.4. The number of aromatic nitrogens is 3. The van der Waals surface area contributed by atoms with E-state index in [1.54, 1.807) is 14.2 Å². The Kier molecular flexibility index (Phi) is 4.94. The second kappa shape index (κ2) is 7.12. The number of hydrogen-bond donors (Lipinski definition) is 1.